The van der Waals surface area contributed by atoms with E-state index in [9.17, 15) is 9.90 Å². The van der Waals surface area contributed by atoms with Crippen molar-refractivity contribution >= 4 is 6.09 Å². The highest BCUT2D eigenvalue weighted by Gasteiger charge is 2.09. The van der Waals surface area contributed by atoms with Crippen molar-refractivity contribution in [2.75, 3.05) is 0 Å². The number of hydrogen-bond acceptors (Lipinski definition) is 3. The molecule has 110 valence electrons. The normalized spacial score (nSPS) is 11.7. The lowest BCUT2D eigenvalue weighted by Crippen LogP contribution is -2.35. The number of amides is 1. The Bertz CT molecular complexity index is 566. The predicted molar refractivity (Wildman–Crippen MR) is 81.5 cm³/mol. The van der Waals surface area contributed by atoms with Gasteiger partial charge in [0.25, 0.3) is 0 Å². The summed E-state index contributed by atoms with van der Waals surface area (Å²) in [4.78, 5) is 11.7. The summed E-state index contributed by atoms with van der Waals surface area (Å²) in [6.07, 6.45) is 1.18. The molecule has 2 N–H and O–H groups in total. The number of phenols is 1. The number of nitrogens with one attached hydrogen (secondary N) is 1. The summed E-state index contributed by atoms with van der Waals surface area (Å²) in [5, 5.41) is 12.0. The molecule has 0 fully saturated rings. The Morgan fingerprint density at radius 3 is 2.48 bits per heavy atom. The smallest absolute Gasteiger partial charge is 0.412 e. The van der Waals surface area contributed by atoms with E-state index in [1.165, 1.54) is 0 Å². The predicted octanol–water partition coefficient (Wildman–Crippen LogP) is 3.50. The number of aryl methyl sites for hydroxylation is 1. The number of ether oxygens (including phenoxy) is 1. The maximum atomic E-state index is 11.7. The van der Waals surface area contributed by atoms with Gasteiger partial charge >= 0.3 is 6.09 Å². The molecule has 1 unspecified atom stereocenters. The number of rotatable bonds is 5. The first-order valence-electron chi connectivity index (χ1n) is 6.95. The van der Waals surface area contributed by atoms with Crippen LogP contribution in [-0.4, -0.2) is 17.2 Å². The molecule has 4 heteroatoms. The number of hydrogen-bond donors (Lipinski definition) is 2. The fourth-order valence-corrected chi connectivity index (χ4v) is 1.94. The van der Waals surface area contributed by atoms with Gasteiger partial charge in [-0.05, 0) is 49.6 Å². The monoisotopic (exact) mass is 285 g/mol. The second-order valence-corrected chi connectivity index (χ2v) is 4.95. The van der Waals surface area contributed by atoms with E-state index in [0.29, 0.717) is 5.75 Å². The topological polar surface area (TPSA) is 58.6 Å². The average molecular weight is 285 g/mol. The minimum absolute atomic E-state index is 0.00927. The van der Waals surface area contributed by atoms with Crippen molar-refractivity contribution in [3.63, 3.8) is 0 Å². The third kappa shape index (κ3) is 5.18. The molecule has 2 aromatic carbocycles. The number of benzene rings is 2. The van der Waals surface area contributed by atoms with Gasteiger partial charge in [0.05, 0.1) is 0 Å². The second kappa shape index (κ2) is 7.33. The number of aromatic hydroxyl groups is 1. The minimum atomic E-state index is -0.445. The molecule has 2 aromatic rings. The minimum Gasteiger partial charge on any atom is -0.508 e. The van der Waals surface area contributed by atoms with Crippen LogP contribution in [0.1, 0.15) is 18.9 Å². The third-order valence-electron chi connectivity index (χ3n) is 3.12. The van der Waals surface area contributed by atoms with E-state index in [0.717, 1.165) is 18.4 Å². The molecular weight excluding hydrogens is 266 g/mol. The van der Waals surface area contributed by atoms with Crippen LogP contribution in [-0.2, 0) is 6.42 Å². The van der Waals surface area contributed by atoms with Crippen LogP contribution in [0.4, 0.5) is 4.79 Å². The quantitative estimate of drug-likeness (QED) is 0.884. The summed E-state index contributed by atoms with van der Waals surface area (Å²) in [5.74, 6) is 0.789. The van der Waals surface area contributed by atoms with Gasteiger partial charge in [0, 0.05) is 6.04 Å². The zero-order valence-corrected chi connectivity index (χ0v) is 12.0. The lowest BCUT2D eigenvalue weighted by molar-refractivity contribution is 0.196. The molecule has 0 radical (unpaired) electrons. The summed E-state index contributed by atoms with van der Waals surface area (Å²) in [6.45, 7) is 1.94. The lowest BCUT2D eigenvalue weighted by atomic mass is 10.1. The molecule has 1 amide bonds. The Morgan fingerprint density at radius 1 is 1.14 bits per heavy atom. The van der Waals surface area contributed by atoms with Crippen molar-refractivity contribution in [2.45, 2.75) is 25.8 Å². The van der Waals surface area contributed by atoms with Crippen molar-refractivity contribution < 1.29 is 14.6 Å². The SMILES string of the molecule is CC(CCc1ccc(O)cc1)NC(=O)Oc1ccccc1. The fourth-order valence-electron chi connectivity index (χ4n) is 1.94. The van der Waals surface area contributed by atoms with Gasteiger partial charge < -0.3 is 15.2 Å². The highest BCUT2D eigenvalue weighted by molar-refractivity contribution is 5.70. The molecule has 0 aliphatic carbocycles. The summed E-state index contributed by atoms with van der Waals surface area (Å²) in [5.41, 5.74) is 1.12. The van der Waals surface area contributed by atoms with E-state index in [1.54, 1.807) is 24.3 Å². The van der Waals surface area contributed by atoms with Crippen LogP contribution < -0.4 is 10.1 Å². The molecule has 0 aliphatic rings. The van der Waals surface area contributed by atoms with Gasteiger partial charge in [0.15, 0.2) is 0 Å². The first-order chi connectivity index (χ1) is 10.1. The summed E-state index contributed by atoms with van der Waals surface area (Å²) < 4.78 is 5.17. The van der Waals surface area contributed by atoms with Crippen LogP contribution in [0, 0.1) is 0 Å². The van der Waals surface area contributed by atoms with E-state index in [2.05, 4.69) is 5.32 Å². The molecule has 0 saturated heterocycles. The Balaban J connectivity index is 1.75. The average Bonchev–Trinajstić information content (AvgIpc) is 2.47. The number of phenolic OH excluding ortho intramolecular Hbond substituents is 1. The first-order valence-corrected chi connectivity index (χ1v) is 6.95. The molecule has 0 aromatic heterocycles. The van der Waals surface area contributed by atoms with Crippen LogP contribution in [0.2, 0.25) is 0 Å². The molecular formula is C17H19NO3. The standard InChI is InChI=1S/C17H19NO3/c1-13(7-8-14-9-11-15(19)12-10-14)18-17(20)21-16-5-3-2-4-6-16/h2-6,9-13,19H,7-8H2,1H3,(H,18,20). The second-order valence-electron chi connectivity index (χ2n) is 4.95. The Hall–Kier alpha value is -2.49. The van der Waals surface area contributed by atoms with E-state index >= 15 is 0 Å². The molecule has 21 heavy (non-hydrogen) atoms. The van der Waals surface area contributed by atoms with Gasteiger partial charge in [0.2, 0.25) is 0 Å². The van der Waals surface area contributed by atoms with Gasteiger partial charge in [-0.1, -0.05) is 30.3 Å². The van der Waals surface area contributed by atoms with Crippen LogP contribution >= 0.6 is 0 Å². The Morgan fingerprint density at radius 2 is 1.81 bits per heavy atom. The van der Waals surface area contributed by atoms with Crippen LogP contribution in [0.5, 0.6) is 11.5 Å². The van der Waals surface area contributed by atoms with Crippen LogP contribution in [0.3, 0.4) is 0 Å². The highest BCUT2D eigenvalue weighted by atomic mass is 16.6. The van der Waals surface area contributed by atoms with Gasteiger partial charge in [-0.2, -0.15) is 0 Å². The van der Waals surface area contributed by atoms with Crippen LogP contribution in [0.15, 0.2) is 54.6 Å². The third-order valence-corrected chi connectivity index (χ3v) is 3.12. The van der Waals surface area contributed by atoms with E-state index < -0.39 is 6.09 Å². The summed E-state index contributed by atoms with van der Waals surface area (Å²) >= 11 is 0. The van der Waals surface area contributed by atoms with Crippen molar-refractivity contribution in [2.24, 2.45) is 0 Å². The molecule has 2 rings (SSSR count). The molecule has 4 nitrogen and oxygen atoms in total. The maximum Gasteiger partial charge on any atom is 0.412 e. The van der Waals surface area contributed by atoms with Gasteiger partial charge in [-0.15, -0.1) is 0 Å². The van der Waals surface area contributed by atoms with Gasteiger partial charge in [0.1, 0.15) is 11.5 Å². The fraction of sp³-hybridized carbons (Fsp3) is 0.235. The van der Waals surface area contributed by atoms with E-state index in [4.69, 9.17) is 4.74 Å². The van der Waals surface area contributed by atoms with Gasteiger partial charge in [-0.25, -0.2) is 4.79 Å². The van der Waals surface area contributed by atoms with Crippen molar-refractivity contribution in [3.8, 4) is 11.5 Å². The summed E-state index contributed by atoms with van der Waals surface area (Å²) in [7, 11) is 0. The van der Waals surface area contributed by atoms with Crippen molar-refractivity contribution in [3.05, 3.63) is 60.2 Å². The summed E-state index contributed by atoms with van der Waals surface area (Å²) in [6, 6.07) is 16.1. The van der Waals surface area contributed by atoms with Crippen molar-refractivity contribution in [1.82, 2.24) is 5.32 Å². The number of para-hydroxylation sites is 1. The maximum absolute atomic E-state index is 11.7. The number of carbonyl (C=O) groups is 1. The largest absolute Gasteiger partial charge is 0.508 e. The van der Waals surface area contributed by atoms with E-state index in [-0.39, 0.29) is 11.8 Å². The zero-order chi connectivity index (χ0) is 15.1. The molecule has 0 saturated carbocycles. The Kier molecular flexibility index (Phi) is 5.21. The van der Waals surface area contributed by atoms with Gasteiger partial charge in [-0.3, -0.25) is 0 Å². The Labute approximate surface area is 124 Å². The molecule has 0 aliphatic heterocycles. The molecule has 0 heterocycles. The molecule has 0 bridgehead atoms. The molecule has 0 spiro atoms. The molecule has 1 atom stereocenters. The van der Waals surface area contributed by atoms with E-state index in [1.807, 2.05) is 37.3 Å². The van der Waals surface area contributed by atoms with Crippen molar-refractivity contribution in [1.29, 1.82) is 0 Å². The highest BCUT2D eigenvalue weighted by Crippen LogP contribution is 2.12. The first kappa shape index (κ1) is 14.9. The lowest BCUT2D eigenvalue weighted by Gasteiger charge is -2.13. The zero-order valence-electron chi connectivity index (χ0n) is 12.0. The number of carbonyl (C=O) groups excluding carboxylic acids is 1. The van der Waals surface area contributed by atoms with Crippen LogP contribution in [0.25, 0.3) is 0 Å².